The normalized spacial score (nSPS) is 11.7. The fraction of sp³-hybridized carbons (Fsp3) is 0.368. The van der Waals surface area contributed by atoms with Crippen LogP contribution in [0.15, 0.2) is 24.3 Å². The Kier molecular flexibility index (Phi) is 3.75. The molecule has 2 aromatic rings. The molecular formula is C19H24O2. The SMILES string of the molecule is Cc1cc(C(C)(C)c2cc(C)c(C)c(O)c2)cc(O)c1C. The molecule has 0 bridgehead atoms. The van der Waals surface area contributed by atoms with Crippen molar-refractivity contribution in [2.75, 3.05) is 0 Å². The van der Waals surface area contributed by atoms with E-state index in [1.165, 1.54) is 0 Å². The maximum Gasteiger partial charge on any atom is 0.119 e. The highest BCUT2D eigenvalue weighted by atomic mass is 16.3. The summed E-state index contributed by atoms with van der Waals surface area (Å²) in [6.07, 6.45) is 0. The van der Waals surface area contributed by atoms with Crippen LogP contribution in [0.25, 0.3) is 0 Å². The van der Waals surface area contributed by atoms with Crippen LogP contribution >= 0.6 is 0 Å². The van der Waals surface area contributed by atoms with Gasteiger partial charge in [0.2, 0.25) is 0 Å². The predicted octanol–water partition coefficient (Wildman–Crippen LogP) is 4.66. The van der Waals surface area contributed by atoms with Crippen molar-refractivity contribution in [3.8, 4) is 11.5 Å². The fourth-order valence-corrected chi connectivity index (χ4v) is 2.57. The Hall–Kier alpha value is -1.96. The summed E-state index contributed by atoms with van der Waals surface area (Å²) >= 11 is 0. The van der Waals surface area contributed by atoms with E-state index in [1.54, 1.807) is 0 Å². The molecule has 0 aromatic heterocycles. The number of hydrogen-bond donors (Lipinski definition) is 2. The minimum absolute atomic E-state index is 0.286. The zero-order chi connectivity index (χ0) is 15.9. The van der Waals surface area contributed by atoms with Crippen LogP contribution in [0, 0.1) is 27.7 Å². The molecule has 0 radical (unpaired) electrons. The van der Waals surface area contributed by atoms with Gasteiger partial charge >= 0.3 is 0 Å². The van der Waals surface area contributed by atoms with Crippen LogP contribution in [-0.4, -0.2) is 10.2 Å². The van der Waals surface area contributed by atoms with Crippen molar-refractivity contribution in [1.82, 2.24) is 0 Å². The third-order valence-corrected chi connectivity index (χ3v) is 4.72. The second kappa shape index (κ2) is 5.10. The van der Waals surface area contributed by atoms with Crippen molar-refractivity contribution in [3.63, 3.8) is 0 Å². The molecule has 2 N–H and O–H groups in total. The quantitative estimate of drug-likeness (QED) is 0.842. The number of rotatable bonds is 2. The first kappa shape index (κ1) is 15.4. The van der Waals surface area contributed by atoms with Gasteiger partial charge in [-0.1, -0.05) is 26.0 Å². The number of benzene rings is 2. The van der Waals surface area contributed by atoms with E-state index in [0.717, 1.165) is 33.4 Å². The summed E-state index contributed by atoms with van der Waals surface area (Å²) in [5.74, 6) is 0.650. The zero-order valence-electron chi connectivity index (χ0n) is 13.7. The van der Waals surface area contributed by atoms with E-state index in [-0.39, 0.29) is 5.41 Å². The summed E-state index contributed by atoms with van der Waals surface area (Å²) in [4.78, 5) is 0. The van der Waals surface area contributed by atoms with Crippen LogP contribution in [0.4, 0.5) is 0 Å². The molecule has 0 aliphatic heterocycles. The van der Waals surface area contributed by atoms with Gasteiger partial charge in [0, 0.05) is 5.41 Å². The van der Waals surface area contributed by atoms with Gasteiger partial charge in [0.15, 0.2) is 0 Å². The van der Waals surface area contributed by atoms with Crippen molar-refractivity contribution in [1.29, 1.82) is 0 Å². The van der Waals surface area contributed by atoms with Crippen molar-refractivity contribution in [3.05, 3.63) is 57.6 Å². The first-order chi connectivity index (χ1) is 9.64. The molecular weight excluding hydrogens is 260 g/mol. The molecule has 2 aromatic carbocycles. The second-order valence-electron chi connectivity index (χ2n) is 6.50. The highest BCUT2D eigenvalue weighted by Crippen LogP contribution is 2.38. The van der Waals surface area contributed by atoms with Crippen molar-refractivity contribution >= 4 is 0 Å². The van der Waals surface area contributed by atoms with Crippen LogP contribution in [0.1, 0.15) is 47.2 Å². The fourth-order valence-electron chi connectivity index (χ4n) is 2.57. The van der Waals surface area contributed by atoms with Gasteiger partial charge in [-0.2, -0.15) is 0 Å². The summed E-state index contributed by atoms with van der Waals surface area (Å²) in [7, 11) is 0. The average molecular weight is 284 g/mol. The standard InChI is InChI=1S/C19H24O2/c1-11-7-15(9-17(20)13(11)3)19(5,6)16-8-12(2)14(4)18(21)10-16/h7-10,20-21H,1-6H3. The number of aromatic hydroxyl groups is 2. The topological polar surface area (TPSA) is 40.5 Å². The Bertz CT molecular complexity index is 591. The highest BCUT2D eigenvalue weighted by molar-refractivity contribution is 5.51. The molecule has 0 unspecified atom stereocenters. The van der Waals surface area contributed by atoms with Gasteiger partial charge in [-0.05, 0) is 73.2 Å². The van der Waals surface area contributed by atoms with E-state index in [4.69, 9.17) is 0 Å². The van der Waals surface area contributed by atoms with Crippen LogP contribution < -0.4 is 0 Å². The van der Waals surface area contributed by atoms with Gasteiger partial charge in [-0.25, -0.2) is 0 Å². The van der Waals surface area contributed by atoms with Gasteiger partial charge in [0.1, 0.15) is 11.5 Å². The summed E-state index contributed by atoms with van der Waals surface area (Å²) in [6.45, 7) is 12.1. The van der Waals surface area contributed by atoms with Gasteiger partial charge in [-0.3, -0.25) is 0 Å². The van der Waals surface area contributed by atoms with Crippen LogP contribution in [0.5, 0.6) is 11.5 Å². The molecule has 0 spiro atoms. The van der Waals surface area contributed by atoms with E-state index in [1.807, 2.05) is 39.8 Å². The molecule has 0 aliphatic carbocycles. The van der Waals surface area contributed by atoms with Gasteiger partial charge in [0.25, 0.3) is 0 Å². The smallest absolute Gasteiger partial charge is 0.119 e. The zero-order valence-corrected chi connectivity index (χ0v) is 13.7. The first-order valence-electron chi connectivity index (χ1n) is 7.26. The molecule has 112 valence electrons. The largest absolute Gasteiger partial charge is 0.508 e. The van der Waals surface area contributed by atoms with E-state index in [0.29, 0.717) is 11.5 Å². The lowest BCUT2D eigenvalue weighted by Crippen LogP contribution is -2.19. The molecule has 2 nitrogen and oxygen atoms in total. The van der Waals surface area contributed by atoms with Crippen molar-refractivity contribution < 1.29 is 10.2 Å². The average Bonchev–Trinajstić information content (AvgIpc) is 2.40. The minimum Gasteiger partial charge on any atom is -0.508 e. The molecule has 0 amide bonds. The Morgan fingerprint density at radius 1 is 0.667 bits per heavy atom. The predicted molar refractivity (Wildman–Crippen MR) is 87.3 cm³/mol. The number of phenolic OH excluding ortho intramolecular Hbond substituents is 2. The maximum atomic E-state index is 10.1. The molecule has 2 rings (SSSR count). The number of hydrogen-bond acceptors (Lipinski definition) is 2. The third kappa shape index (κ3) is 2.63. The molecule has 0 saturated carbocycles. The van der Waals surface area contributed by atoms with E-state index >= 15 is 0 Å². The Balaban J connectivity index is 2.61. The molecule has 0 saturated heterocycles. The Labute approximate surface area is 127 Å². The number of phenols is 2. The Morgan fingerprint density at radius 3 is 1.29 bits per heavy atom. The lowest BCUT2D eigenvalue weighted by atomic mass is 9.76. The van der Waals surface area contributed by atoms with Gasteiger partial charge < -0.3 is 10.2 Å². The molecule has 0 fully saturated rings. The summed E-state index contributed by atoms with van der Waals surface area (Å²) < 4.78 is 0. The summed E-state index contributed by atoms with van der Waals surface area (Å²) in [6, 6.07) is 7.88. The van der Waals surface area contributed by atoms with Crippen LogP contribution in [0.3, 0.4) is 0 Å². The van der Waals surface area contributed by atoms with Crippen LogP contribution in [-0.2, 0) is 5.41 Å². The van der Waals surface area contributed by atoms with E-state index < -0.39 is 0 Å². The maximum absolute atomic E-state index is 10.1. The van der Waals surface area contributed by atoms with Crippen molar-refractivity contribution in [2.45, 2.75) is 47.0 Å². The molecule has 0 heterocycles. The third-order valence-electron chi connectivity index (χ3n) is 4.72. The summed E-state index contributed by atoms with van der Waals surface area (Å²) in [5.41, 5.74) is 5.79. The second-order valence-corrected chi connectivity index (χ2v) is 6.50. The number of aryl methyl sites for hydroxylation is 2. The first-order valence-corrected chi connectivity index (χ1v) is 7.26. The van der Waals surface area contributed by atoms with Gasteiger partial charge in [-0.15, -0.1) is 0 Å². The van der Waals surface area contributed by atoms with Crippen molar-refractivity contribution in [2.24, 2.45) is 0 Å². The molecule has 0 atom stereocenters. The Morgan fingerprint density at radius 2 is 1.00 bits per heavy atom. The van der Waals surface area contributed by atoms with E-state index in [9.17, 15) is 10.2 Å². The van der Waals surface area contributed by atoms with E-state index in [2.05, 4.69) is 26.0 Å². The highest BCUT2D eigenvalue weighted by Gasteiger charge is 2.25. The monoisotopic (exact) mass is 284 g/mol. The minimum atomic E-state index is -0.286. The molecule has 2 heteroatoms. The lowest BCUT2D eigenvalue weighted by Gasteiger charge is -2.28. The molecule has 0 aliphatic rings. The molecule has 21 heavy (non-hydrogen) atoms. The van der Waals surface area contributed by atoms with Gasteiger partial charge in [0.05, 0.1) is 0 Å². The summed E-state index contributed by atoms with van der Waals surface area (Å²) in [5, 5.41) is 20.2. The van der Waals surface area contributed by atoms with Crippen LogP contribution in [0.2, 0.25) is 0 Å². The lowest BCUT2D eigenvalue weighted by molar-refractivity contribution is 0.465.